The van der Waals surface area contributed by atoms with E-state index in [1.54, 1.807) is 0 Å². The Hall–Kier alpha value is -1.02. The van der Waals surface area contributed by atoms with Gasteiger partial charge in [0.2, 0.25) is 0 Å². The molecule has 0 saturated heterocycles. The van der Waals surface area contributed by atoms with Crippen LogP contribution in [0, 0.1) is 0 Å². The molecule has 0 aromatic heterocycles. The van der Waals surface area contributed by atoms with E-state index in [1.807, 2.05) is 0 Å². The summed E-state index contributed by atoms with van der Waals surface area (Å²) < 4.78 is 5.66. The van der Waals surface area contributed by atoms with Gasteiger partial charge in [-0.15, -0.1) is 0 Å². The molecule has 2 nitrogen and oxygen atoms in total. The van der Waals surface area contributed by atoms with Gasteiger partial charge in [0.15, 0.2) is 0 Å². The summed E-state index contributed by atoms with van der Waals surface area (Å²) in [6.45, 7) is 0.880. The van der Waals surface area contributed by atoms with E-state index in [4.69, 9.17) is 10.5 Å². The first-order valence-corrected chi connectivity index (χ1v) is 6.84. The Labute approximate surface area is 103 Å². The van der Waals surface area contributed by atoms with Gasteiger partial charge in [-0.05, 0) is 61.6 Å². The van der Waals surface area contributed by atoms with Crippen LogP contribution in [-0.4, -0.2) is 12.6 Å². The molecule has 1 saturated carbocycles. The number of hydrogen-bond donors (Lipinski definition) is 1. The van der Waals surface area contributed by atoms with Crippen LogP contribution in [0.1, 0.15) is 49.1 Å². The zero-order chi connectivity index (χ0) is 11.7. The summed E-state index contributed by atoms with van der Waals surface area (Å²) in [5.41, 5.74) is 8.87. The molecule has 2 N–H and O–H groups in total. The first-order valence-electron chi connectivity index (χ1n) is 6.84. The predicted molar refractivity (Wildman–Crippen MR) is 69.4 cm³/mol. The molecule has 0 radical (unpaired) electrons. The lowest BCUT2D eigenvalue weighted by molar-refractivity contribution is 0.288. The van der Waals surface area contributed by atoms with Gasteiger partial charge in [-0.25, -0.2) is 0 Å². The van der Waals surface area contributed by atoms with E-state index in [1.165, 1.54) is 43.2 Å². The lowest BCUT2D eigenvalue weighted by atomic mass is 9.81. The molecule has 1 heterocycles. The van der Waals surface area contributed by atoms with Gasteiger partial charge in [-0.3, -0.25) is 0 Å². The third-order valence-corrected chi connectivity index (χ3v) is 4.18. The molecule has 0 atom stereocenters. The van der Waals surface area contributed by atoms with Crippen molar-refractivity contribution in [3.05, 3.63) is 29.3 Å². The maximum atomic E-state index is 5.97. The van der Waals surface area contributed by atoms with E-state index in [2.05, 4.69) is 18.2 Å². The van der Waals surface area contributed by atoms with Crippen molar-refractivity contribution < 1.29 is 4.74 Å². The number of aryl methyl sites for hydroxylation is 1. The van der Waals surface area contributed by atoms with Crippen molar-refractivity contribution in [2.75, 3.05) is 6.61 Å². The molecule has 1 aromatic carbocycles. The van der Waals surface area contributed by atoms with Crippen molar-refractivity contribution in [2.45, 2.75) is 50.5 Å². The van der Waals surface area contributed by atoms with Crippen LogP contribution < -0.4 is 10.5 Å². The summed E-state index contributed by atoms with van der Waals surface area (Å²) in [5.74, 6) is 1.83. The molecule has 2 heteroatoms. The van der Waals surface area contributed by atoms with Crippen LogP contribution in [0.4, 0.5) is 0 Å². The van der Waals surface area contributed by atoms with E-state index in [0.717, 1.165) is 24.7 Å². The second-order valence-electron chi connectivity index (χ2n) is 5.43. The predicted octanol–water partition coefficient (Wildman–Crippen LogP) is 3.00. The van der Waals surface area contributed by atoms with Crippen molar-refractivity contribution in [3.8, 4) is 5.75 Å². The molecule has 1 aromatic rings. The monoisotopic (exact) mass is 231 g/mol. The SMILES string of the molecule is NC1CCC(c2ccc3c(c2)CCCO3)CC1. The third kappa shape index (κ3) is 2.32. The highest BCUT2D eigenvalue weighted by Crippen LogP contribution is 2.35. The lowest BCUT2D eigenvalue weighted by Gasteiger charge is -2.27. The van der Waals surface area contributed by atoms with E-state index in [0.29, 0.717) is 6.04 Å². The van der Waals surface area contributed by atoms with E-state index >= 15 is 0 Å². The average Bonchev–Trinajstić information content (AvgIpc) is 2.39. The van der Waals surface area contributed by atoms with Gasteiger partial charge in [0.25, 0.3) is 0 Å². The van der Waals surface area contributed by atoms with Gasteiger partial charge in [0.1, 0.15) is 5.75 Å². The van der Waals surface area contributed by atoms with Crippen LogP contribution in [0.2, 0.25) is 0 Å². The van der Waals surface area contributed by atoms with Gasteiger partial charge in [-0.2, -0.15) is 0 Å². The Balaban J connectivity index is 1.79. The van der Waals surface area contributed by atoms with Gasteiger partial charge in [-0.1, -0.05) is 12.1 Å². The highest BCUT2D eigenvalue weighted by Gasteiger charge is 2.21. The maximum absolute atomic E-state index is 5.97. The molecule has 0 unspecified atom stereocenters. The Bertz CT molecular complexity index is 394. The fraction of sp³-hybridized carbons (Fsp3) is 0.600. The van der Waals surface area contributed by atoms with Crippen LogP contribution in [0.25, 0.3) is 0 Å². The van der Waals surface area contributed by atoms with E-state index < -0.39 is 0 Å². The minimum Gasteiger partial charge on any atom is -0.493 e. The molecule has 0 amide bonds. The molecule has 92 valence electrons. The molecule has 0 spiro atoms. The number of hydrogen-bond acceptors (Lipinski definition) is 2. The fourth-order valence-electron chi connectivity index (χ4n) is 3.09. The third-order valence-electron chi connectivity index (χ3n) is 4.18. The molecule has 1 fully saturated rings. The van der Waals surface area contributed by atoms with E-state index in [-0.39, 0.29) is 0 Å². The maximum Gasteiger partial charge on any atom is 0.122 e. The van der Waals surface area contributed by atoms with Crippen LogP contribution in [0.15, 0.2) is 18.2 Å². The first kappa shape index (κ1) is 11.1. The summed E-state index contributed by atoms with van der Waals surface area (Å²) in [4.78, 5) is 0. The van der Waals surface area contributed by atoms with Crippen LogP contribution in [0.3, 0.4) is 0 Å². The van der Waals surface area contributed by atoms with Gasteiger partial charge in [0, 0.05) is 6.04 Å². The second-order valence-corrected chi connectivity index (χ2v) is 5.43. The number of nitrogens with two attached hydrogens (primary N) is 1. The Kier molecular flexibility index (Phi) is 3.06. The van der Waals surface area contributed by atoms with E-state index in [9.17, 15) is 0 Å². The van der Waals surface area contributed by atoms with Crippen LogP contribution >= 0.6 is 0 Å². The molecular formula is C15H21NO. The summed E-state index contributed by atoms with van der Waals surface area (Å²) in [7, 11) is 0. The first-order chi connectivity index (χ1) is 8.33. The summed E-state index contributed by atoms with van der Waals surface area (Å²) in [6.07, 6.45) is 7.19. The molecule has 0 bridgehead atoms. The van der Waals surface area contributed by atoms with Gasteiger partial charge >= 0.3 is 0 Å². The molecule has 17 heavy (non-hydrogen) atoms. The molecule has 1 aliphatic carbocycles. The minimum absolute atomic E-state index is 0.437. The van der Waals surface area contributed by atoms with Crippen molar-refractivity contribution in [2.24, 2.45) is 5.73 Å². The largest absolute Gasteiger partial charge is 0.493 e. The average molecular weight is 231 g/mol. The molecule has 1 aliphatic heterocycles. The van der Waals surface area contributed by atoms with Crippen molar-refractivity contribution >= 4 is 0 Å². The highest BCUT2D eigenvalue weighted by molar-refractivity contribution is 5.39. The zero-order valence-corrected chi connectivity index (χ0v) is 10.3. The molecule has 2 aliphatic rings. The van der Waals surface area contributed by atoms with Crippen molar-refractivity contribution in [1.82, 2.24) is 0 Å². The normalized spacial score (nSPS) is 28.3. The number of benzene rings is 1. The van der Waals surface area contributed by atoms with Crippen LogP contribution in [0.5, 0.6) is 5.75 Å². The summed E-state index contributed by atoms with van der Waals surface area (Å²) >= 11 is 0. The standard InChI is InChI=1S/C15H21NO/c16-14-6-3-11(4-7-14)12-5-8-15-13(10-12)2-1-9-17-15/h5,8,10-11,14H,1-4,6-7,9,16H2. The Morgan fingerprint density at radius 2 is 1.94 bits per heavy atom. The summed E-state index contributed by atoms with van der Waals surface area (Å²) in [6, 6.07) is 7.23. The smallest absolute Gasteiger partial charge is 0.122 e. The zero-order valence-electron chi connectivity index (χ0n) is 10.3. The van der Waals surface area contributed by atoms with Gasteiger partial charge in [0.05, 0.1) is 6.61 Å². The highest BCUT2D eigenvalue weighted by atomic mass is 16.5. The number of fused-ring (bicyclic) bond motifs is 1. The lowest BCUT2D eigenvalue weighted by Crippen LogP contribution is -2.25. The van der Waals surface area contributed by atoms with Crippen LogP contribution in [-0.2, 0) is 6.42 Å². The molecular weight excluding hydrogens is 210 g/mol. The summed E-state index contributed by atoms with van der Waals surface area (Å²) in [5, 5.41) is 0. The van der Waals surface area contributed by atoms with Crippen molar-refractivity contribution in [3.63, 3.8) is 0 Å². The van der Waals surface area contributed by atoms with Crippen molar-refractivity contribution in [1.29, 1.82) is 0 Å². The second kappa shape index (κ2) is 4.69. The molecule has 3 rings (SSSR count). The van der Waals surface area contributed by atoms with Gasteiger partial charge < -0.3 is 10.5 Å². The minimum atomic E-state index is 0.437. The number of rotatable bonds is 1. The topological polar surface area (TPSA) is 35.2 Å². The fourth-order valence-corrected chi connectivity index (χ4v) is 3.09. The quantitative estimate of drug-likeness (QED) is 0.806. The Morgan fingerprint density at radius 3 is 2.76 bits per heavy atom. The number of ether oxygens (including phenoxy) is 1. The Morgan fingerprint density at radius 1 is 1.12 bits per heavy atom.